The summed E-state index contributed by atoms with van der Waals surface area (Å²) in [5, 5.41) is 0. The molecule has 0 bridgehead atoms. The minimum atomic E-state index is 1.23. The summed E-state index contributed by atoms with van der Waals surface area (Å²) in [7, 11) is 0. The van der Waals surface area contributed by atoms with E-state index in [0.717, 1.165) is 0 Å². The van der Waals surface area contributed by atoms with Gasteiger partial charge in [-0.15, -0.1) is 0 Å². The number of rotatable bonds is 4. The van der Waals surface area contributed by atoms with Gasteiger partial charge in [0.05, 0.1) is 0 Å². The summed E-state index contributed by atoms with van der Waals surface area (Å²) in [4.78, 5) is 0. The Bertz CT molecular complexity index is 129. The average Bonchev–Trinajstić information content (AvgIpc) is 1.98. The van der Waals surface area contributed by atoms with Gasteiger partial charge in [-0.05, 0) is 26.7 Å². The monoisotopic (exact) mass is 138 g/mol. The van der Waals surface area contributed by atoms with E-state index < -0.39 is 0 Å². The van der Waals surface area contributed by atoms with Gasteiger partial charge in [-0.3, -0.25) is 0 Å². The molecular weight excluding hydrogens is 120 g/mol. The molecule has 0 heterocycles. The van der Waals surface area contributed by atoms with Crippen LogP contribution in [0.2, 0.25) is 0 Å². The van der Waals surface area contributed by atoms with Crippen LogP contribution in [0.1, 0.15) is 40.0 Å². The van der Waals surface area contributed by atoms with Crippen molar-refractivity contribution in [1.82, 2.24) is 0 Å². The zero-order valence-corrected chi connectivity index (χ0v) is 7.41. The lowest BCUT2D eigenvalue weighted by Gasteiger charge is -2.01. The third kappa shape index (κ3) is 3.49. The molecule has 0 aliphatic heterocycles. The van der Waals surface area contributed by atoms with Crippen LogP contribution in [-0.4, -0.2) is 0 Å². The molecule has 0 N–H and O–H groups in total. The minimum Gasteiger partial charge on any atom is -0.0988 e. The molecule has 0 aromatic heterocycles. The lowest BCUT2D eigenvalue weighted by Crippen LogP contribution is -1.80. The first-order chi connectivity index (χ1) is 4.72. The first-order valence-corrected chi connectivity index (χ1v) is 4.01. The summed E-state index contributed by atoms with van der Waals surface area (Å²) in [6.07, 6.45) is 5.75. The van der Waals surface area contributed by atoms with Crippen molar-refractivity contribution in [2.24, 2.45) is 0 Å². The van der Waals surface area contributed by atoms with E-state index >= 15 is 0 Å². The molecule has 0 amide bonds. The van der Waals surface area contributed by atoms with Crippen molar-refractivity contribution in [3.8, 4) is 0 Å². The predicted octanol–water partition coefficient (Wildman–Crippen LogP) is 3.70. The lowest BCUT2D eigenvalue weighted by molar-refractivity contribution is 0.783. The number of hydrogen-bond acceptors (Lipinski definition) is 0. The van der Waals surface area contributed by atoms with E-state index in [1.165, 1.54) is 30.4 Å². The molecule has 0 heteroatoms. The molecule has 0 aliphatic rings. The van der Waals surface area contributed by atoms with Gasteiger partial charge in [-0.2, -0.15) is 0 Å². The number of allylic oxidation sites excluding steroid dienone is 3. The second-order valence-corrected chi connectivity index (χ2v) is 2.77. The average molecular weight is 138 g/mol. The minimum absolute atomic E-state index is 1.23. The molecule has 0 unspecified atom stereocenters. The summed E-state index contributed by atoms with van der Waals surface area (Å²) >= 11 is 0. The molecule has 0 radical (unpaired) electrons. The van der Waals surface area contributed by atoms with Gasteiger partial charge < -0.3 is 0 Å². The topological polar surface area (TPSA) is 0 Å². The first kappa shape index (κ1) is 9.48. The van der Waals surface area contributed by atoms with Crippen LogP contribution in [0.3, 0.4) is 0 Å². The zero-order chi connectivity index (χ0) is 7.98. The molecule has 0 saturated heterocycles. The smallest absolute Gasteiger partial charge is 0.0317 e. The standard InChI is InChI=1S/C10H18/c1-5-7-8-10(4)9(3)6-2/h6H,2,5,7-8H2,1,3-4H3/b10-9+. The van der Waals surface area contributed by atoms with E-state index in [9.17, 15) is 0 Å². The van der Waals surface area contributed by atoms with E-state index in [2.05, 4.69) is 27.4 Å². The fourth-order valence-electron chi connectivity index (χ4n) is 0.813. The van der Waals surface area contributed by atoms with Crippen molar-refractivity contribution in [3.63, 3.8) is 0 Å². The Morgan fingerprint density at radius 2 is 2.00 bits per heavy atom. The second-order valence-electron chi connectivity index (χ2n) is 2.77. The SMILES string of the molecule is C=C/C(C)=C(\C)CCCC. The molecule has 0 saturated carbocycles. The highest BCUT2D eigenvalue weighted by molar-refractivity contribution is 5.19. The van der Waals surface area contributed by atoms with Crippen molar-refractivity contribution in [1.29, 1.82) is 0 Å². The van der Waals surface area contributed by atoms with Gasteiger partial charge in [-0.1, -0.05) is 37.1 Å². The Labute approximate surface area is 64.6 Å². The van der Waals surface area contributed by atoms with Gasteiger partial charge in [0, 0.05) is 0 Å². The summed E-state index contributed by atoms with van der Waals surface area (Å²) in [6.45, 7) is 10.3. The Kier molecular flexibility index (Phi) is 5.00. The van der Waals surface area contributed by atoms with Crippen LogP contribution < -0.4 is 0 Å². The Morgan fingerprint density at radius 1 is 1.40 bits per heavy atom. The first-order valence-electron chi connectivity index (χ1n) is 4.01. The molecule has 0 fully saturated rings. The highest BCUT2D eigenvalue weighted by Crippen LogP contribution is 2.11. The Balaban J connectivity index is 3.79. The summed E-state index contributed by atoms with van der Waals surface area (Å²) in [6, 6.07) is 0. The van der Waals surface area contributed by atoms with Crippen LogP contribution in [0.25, 0.3) is 0 Å². The maximum absolute atomic E-state index is 3.73. The normalized spacial score (nSPS) is 12.7. The van der Waals surface area contributed by atoms with E-state index in [0.29, 0.717) is 0 Å². The fourth-order valence-corrected chi connectivity index (χ4v) is 0.813. The summed E-state index contributed by atoms with van der Waals surface area (Å²) in [5.41, 5.74) is 2.82. The molecule has 0 nitrogen and oxygen atoms in total. The van der Waals surface area contributed by atoms with Gasteiger partial charge >= 0.3 is 0 Å². The highest BCUT2D eigenvalue weighted by atomic mass is 14.0. The van der Waals surface area contributed by atoms with Crippen LogP contribution in [0.4, 0.5) is 0 Å². The maximum Gasteiger partial charge on any atom is -0.0317 e. The molecular formula is C10H18. The van der Waals surface area contributed by atoms with Gasteiger partial charge in [0.25, 0.3) is 0 Å². The number of unbranched alkanes of at least 4 members (excludes halogenated alkanes) is 1. The van der Waals surface area contributed by atoms with Crippen molar-refractivity contribution < 1.29 is 0 Å². The quantitative estimate of drug-likeness (QED) is 0.520. The molecule has 0 aliphatic carbocycles. The highest BCUT2D eigenvalue weighted by Gasteiger charge is 1.91. The molecule has 0 rings (SSSR count). The molecule has 58 valence electrons. The van der Waals surface area contributed by atoms with Crippen molar-refractivity contribution in [3.05, 3.63) is 23.8 Å². The molecule has 0 aromatic carbocycles. The van der Waals surface area contributed by atoms with Gasteiger partial charge in [0.15, 0.2) is 0 Å². The Hall–Kier alpha value is -0.520. The third-order valence-electron chi connectivity index (χ3n) is 1.88. The van der Waals surface area contributed by atoms with Crippen LogP contribution in [0.15, 0.2) is 23.8 Å². The van der Waals surface area contributed by atoms with E-state index in [1.54, 1.807) is 0 Å². The molecule has 0 spiro atoms. The van der Waals surface area contributed by atoms with Gasteiger partial charge in [0.1, 0.15) is 0 Å². The molecule has 10 heavy (non-hydrogen) atoms. The predicted molar refractivity (Wildman–Crippen MR) is 48.1 cm³/mol. The van der Waals surface area contributed by atoms with Gasteiger partial charge in [0.2, 0.25) is 0 Å². The summed E-state index contributed by atoms with van der Waals surface area (Å²) < 4.78 is 0. The van der Waals surface area contributed by atoms with Crippen LogP contribution in [0, 0.1) is 0 Å². The van der Waals surface area contributed by atoms with Crippen LogP contribution in [0.5, 0.6) is 0 Å². The summed E-state index contributed by atoms with van der Waals surface area (Å²) in [5.74, 6) is 0. The fraction of sp³-hybridized carbons (Fsp3) is 0.600. The van der Waals surface area contributed by atoms with Crippen LogP contribution >= 0.6 is 0 Å². The second kappa shape index (κ2) is 5.28. The maximum atomic E-state index is 3.73. The van der Waals surface area contributed by atoms with Crippen molar-refractivity contribution >= 4 is 0 Å². The van der Waals surface area contributed by atoms with E-state index in [4.69, 9.17) is 0 Å². The zero-order valence-electron chi connectivity index (χ0n) is 7.41. The lowest BCUT2D eigenvalue weighted by atomic mass is 10.1. The largest absolute Gasteiger partial charge is 0.0988 e. The van der Waals surface area contributed by atoms with E-state index in [1.807, 2.05) is 6.08 Å². The van der Waals surface area contributed by atoms with E-state index in [-0.39, 0.29) is 0 Å². The Morgan fingerprint density at radius 3 is 2.40 bits per heavy atom. The van der Waals surface area contributed by atoms with Gasteiger partial charge in [-0.25, -0.2) is 0 Å². The van der Waals surface area contributed by atoms with Crippen molar-refractivity contribution in [2.45, 2.75) is 40.0 Å². The molecule has 0 atom stereocenters. The third-order valence-corrected chi connectivity index (χ3v) is 1.88. The van der Waals surface area contributed by atoms with Crippen LogP contribution in [-0.2, 0) is 0 Å². The number of hydrogen-bond donors (Lipinski definition) is 0. The molecule has 0 aromatic rings. The van der Waals surface area contributed by atoms with Crippen molar-refractivity contribution in [2.75, 3.05) is 0 Å².